The van der Waals surface area contributed by atoms with E-state index < -0.39 is 5.97 Å². The first kappa shape index (κ1) is 14.2. The molecule has 0 aliphatic rings. The number of phenols is 1. The van der Waals surface area contributed by atoms with Crippen molar-refractivity contribution in [3.8, 4) is 22.6 Å². The molecule has 0 unspecified atom stereocenters. The van der Waals surface area contributed by atoms with E-state index in [1.54, 1.807) is 0 Å². The van der Waals surface area contributed by atoms with Gasteiger partial charge in [0.15, 0.2) is 11.5 Å². The van der Waals surface area contributed by atoms with Crippen molar-refractivity contribution in [1.82, 2.24) is 0 Å². The minimum absolute atomic E-state index is 0.00704. The van der Waals surface area contributed by atoms with Gasteiger partial charge in [-0.15, -0.1) is 0 Å². The Morgan fingerprint density at radius 1 is 1.20 bits per heavy atom. The van der Waals surface area contributed by atoms with Crippen LogP contribution in [-0.2, 0) is 4.74 Å². The summed E-state index contributed by atoms with van der Waals surface area (Å²) in [6, 6.07) is 10.8. The summed E-state index contributed by atoms with van der Waals surface area (Å²) < 4.78 is 9.73. The van der Waals surface area contributed by atoms with E-state index in [1.165, 1.54) is 20.3 Å². The van der Waals surface area contributed by atoms with Crippen LogP contribution in [0, 0.1) is 0 Å². The number of carbonyl (C=O) groups is 1. The maximum atomic E-state index is 11.7. The smallest absolute Gasteiger partial charge is 0.341 e. The van der Waals surface area contributed by atoms with Crippen molar-refractivity contribution in [1.29, 1.82) is 0 Å². The number of esters is 1. The Kier molecular flexibility index (Phi) is 4.15. The van der Waals surface area contributed by atoms with Gasteiger partial charge in [-0.05, 0) is 11.6 Å². The number of aromatic hydroxyl groups is 1. The maximum Gasteiger partial charge on any atom is 0.341 e. The van der Waals surface area contributed by atoms with Crippen molar-refractivity contribution < 1.29 is 19.4 Å². The van der Waals surface area contributed by atoms with Crippen LogP contribution in [-0.4, -0.2) is 25.3 Å². The number of rotatable bonds is 3. The van der Waals surface area contributed by atoms with E-state index in [0.717, 1.165) is 5.56 Å². The number of phenolic OH excluding ortho intramolecular Hbond substituents is 1. The predicted molar refractivity (Wildman–Crippen MR) is 76.4 cm³/mol. The number of methoxy groups -OCH3 is 2. The fourth-order valence-electron chi connectivity index (χ4n) is 1.90. The summed E-state index contributed by atoms with van der Waals surface area (Å²) in [5.41, 5.74) is 1.40. The van der Waals surface area contributed by atoms with Gasteiger partial charge in [0.25, 0.3) is 0 Å². The fraction of sp³-hybridized carbons (Fsp3) is 0.133. The molecule has 0 atom stereocenters. The van der Waals surface area contributed by atoms with E-state index >= 15 is 0 Å². The molecule has 2 aromatic carbocycles. The van der Waals surface area contributed by atoms with Crippen molar-refractivity contribution in [2.45, 2.75) is 0 Å². The molecule has 0 heterocycles. The van der Waals surface area contributed by atoms with E-state index in [9.17, 15) is 9.90 Å². The summed E-state index contributed by atoms with van der Waals surface area (Å²) in [6.07, 6.45) is 0. The molecule has 104 valence electrons. The average Bonchev–Trinajstić information content (AvgIpc) is 2.48. The molecule has 0 amide bonds. The van der Waals surface area contributed by atoms with E-state index in [-0.39, 0.29) is 22.1 Å². The van der Waals surface area contributed by atoms with E-state index in [1.807, 2.05) is 30.3 Å². The van der Waals surface area contributed by atoms with Crippen molar-refractivity contribution in [3.63, 3.8) is 0 Å². The van der Waals surface area contributed by atoms with Crippen LogP contribution in [0.1, 0.15) is 10.4 Å². The number of hydrogen-bond donors (Lipinski definition) is 1. The van der Waals surface area contributed by atoms with Gasteiger partial charge < -0.3 is 14.6 Å². The Morgan fingerprint density at radius 2 is 1.85 bits per heavy atom. The molecule has 0 aliphatic heterocycles. The standard InChI is InChI=1S/C15H13ClO4/c1-19-14-12(16)10(9-6-4-3-5-7-9)8-11(13(14)17)15(18)20-2/h3-8,17H,1-2H3. The van der Waals surface area contributed by atoms with Crippen molar-refractivity contribution in [2.24, 2.45) is 0 Å². The molecule has 4 nitrogen and oxygen atoms in total. The van der Waals surface area contributed by atoms with Gasteiger partial charge in [-0.3, -0.25) is 0 Å². The zero-order valence-electron chi connectivity index (χ0n) is 11.0. The lowest BCUT2D eigenvalue weighted by Crippen LogP contribution is -2.03. The number of ether oxygens (including phenoxy) is 2. The summed E-state index contributed by atoms with van der Waals surface area (Å²) in [7, 11) is 2.61. The molecule has 1 N–H and O–H groups in total. The fourth-order valence-corrected chi connectivity index (χ4v) is 2.23. The van der Waals surface area contributed by atoms with Crippen LogP contribution in [0.25, 0.3) is 11.1 Å². The number of hydrogen-bond acceptors (Lipinski definition) is 4. The van der Waals surface area contributed by atoms with Crippen LogP contribution < -0.4 is 4.74 Å². The van der Waals surface area contributed by atoms with Crippen LogP contribution in [0.4, 0.5) is 0 Å². The molecule has 0 radical (unpaired) electrons. The van der Waals surface area contributed by atoms with E-state index in [0.29, 0.717) is 5.56 Å². The van der Waals surface area contributed by atoms with Crippen LogP contribution >= 0.6 is 11.6 Å². The summed E-state index contributed by atoms with van der Waals surface area (Å²) in [5.74, 6) is -0.938. The van der Waals surface area contributed by atoms with Gasteiger partial charge in [0.05, 0.1) is 19.2 Å². The lowest BCUT2D eigenvalue weighted by Gasteiger charge is -2.14. The van der Waals surface area contributed by atoms with Gasteiger partial charge >= 0.3 is 5.97 Å². The third-order valence-electron chi connectivity index (χ3n) is 2.89. The first-order valence-corrected chi connectivity index (χ1v) is 6.21. The molecule has 5 heteroatoms. The van der Waals surface area contributed by atoms with E-state index in [4.69, 9.17) is 16.3 Å². The maximum absolute atomic E-state index is 11.7. The van der Waals surface area contributed by atoms with Gasteiger partial charge in [-0.2, -0.15) is 0 Å². The number of halogens is 1. The van der Waals surface area contributed by atoms with Crippen LogP contribution in [0.3, 0.4) is 0 Å². The van der Waals surface area contributed by atoms with Crippen molar-refractivity contribution >= 4 is 17.6 Å². The third-order valence-corrected chi connectivity index (χ3v) is 3.26. The Bertz CT molecular complexity index is 638. The van der Waals surface area contributed by atoms with Gasteiger partial charge in [0, 0.05) is 5.56 Å². The van der Waals surface area contributed by atoms with Crippen molar-refractivity contribution in [2.75, 3.05) is 14.2 Å². The number of benzene rings is 2. The molecule has 0 fully saturated rings. The van der Waals surface area contributed by atoms with Crippen LogP contribution in [0.5, 0.6) is 11.5 Å². The van der Waals surface area contributed by atoms with Gasteiger partial charge in [0.2, 0.25) is 0 Å². The van der Waals surface area contributed by atoms with Crippen LogP contribution in [0.2, 0.25) is 5.02 Å². The lowest BCUT2D eigenvalue weighted by atomic mass is 10.0. The van der Waals surface area contributed by atoms with Gasteiger partial charge in [-0.1, -0.05) is 41.9 Å². The third kappa shape index (κ3) is 2.42. The molecular weight excluding hydrogens is 280 g/mol. The van der Waals surface area contributed by atoms with Crippen LogP contribution in [0.15, 0.2) is 36.4 Å². The highest BCUT2D eigenvalue weighted by molar-refractivity contribution is 6.35. The normalized spacial score (nSPS) is 10.2. The first-order chi connectivity index (χ1) is 9.60. The minimum Gasteiger partial charge on any atom is -0.504 e. The molecule has 0 saturated heterocycles. The quantitative estimate of drug-likeness (QED) is 0.880. The Morgan fingerprint density at radius 3 is 2.40 bits per heavy atom. The molecule has 20 heavy (non-hydrogen) atoms. The molecule has 0 saturated carbocycles. The second-order valence-electron chi connectivity index (χ2n) is 4.03. The highest BCUT2D eigenvalue weighted by Gasteiger charge is 2.22. The summed E-state index contributed by atoms with van der Waals surface area (Å²) in [5, 5.41) is 10.3. The molecular formula is C15H13ClO4. The zero-order valence-corrected chi connectivity index (χ0v) is 11.8. The number of carbonyl (C=O) groups excluding carboxylic acids is 1. The minimum atomic E-state index is -0.658. The molecule has 0 aliphatic carbocycles. The average molecular weight is 293 g/mol. The van der Waals surface area contributed by atoms with E-state index in [2.05, 4.69) is 4.74 Å². The first-order valence-electron chi connectivity index (χ1n) is 5.83. The monoisotopic (exact) mass is 292 g/mol. The second-order valence-corrected chi connectivity index (χ2v) is 4.40. The molecule has 2 rings (SSSR count). The Labute approximate surface area is 121 Å². The Balaban J connectivity index is 2.72. The summed E-state index contributed by atoms with van der Waals surface area (Å²) >= 11 is 6.23. The highest BCUT2D eigenvalue weighted by Crippen LogP contribution is 2.43. The second kappa shape index (κ2) is 5.84. The van der Waals surface area contributed by atoms with Crippen molar-refractivity contribution in [3.05, 3.63) is 47.0 Å². The molecule has 2 aromatic rings. The summed E-state index contributed by atoms with van der Waals surface area (Å²) in [4.78, 5) is 11.7. The van der Waals surface area contributed by atoms with Gasteiger partial charge in [-0.25, -0.2) is 4.79 Å². The molecule has 0 spiro atoms. The molecule has 0 bridgehead atoms. The highest BCUT2D eigenvalue weighted by atomic mass is 35.5. The summed E-state index contributed by atoms with van der Waals surface area (Å²) in [6.45, 7) is 0. The zero-order chi connectivity index (χ0) is 14.7. The largest absolute Gasteiger partial charge is 0.504 e. The topological polar surface area (TPSA) is 55.8 Å². The Hall–Kier alpha value is -2.20. The van der Waals surface area contributed by atoms with Gasteiger partial charge in [0.1, 0.15) is 5.56 Å². The molecule has 0 aromatic heterocycles. The SMILES string of the molecule is COC(=O)c1cc(-c2ccccc2)c(Cl)c(OC)c1O. The predicted octanol–water partition coefficient (Wildman–Crippen LogP) is 3.51. The lowest BCUT2D eigenvalue weighted by molar-refractivity contribution is 0.0597.